The number of nitrogens with zero attached hydrogens (tertiary/aromatic N) is 4. The van der Waals surface area contributed by atoms with Crippen molar-refractivity contribution in [3.63, 3.8) is 0 Å². The molecule has 2 saturated heterocycles. The molecule has 226 valence electrons. The van der Waals surface area contributed by atoms with Gasteiger partial charge in [-0.1, -0.05) is 37.6 Å². The van der Waals surface area contributed by atoms with E-state index < -0.39 is 6.36 Å². The molecule has 2 aromatic heterocycles. The molecule has 0 unspecified atom stereocenters. The van der Waals surface area contributed by atoms with Crippen LogP contribution in [-0.2, 0) is 6.54 Å². The number of ether oxygens (including phenoxy) is 1. The molecule has 7 nitrogen and oxygen atoms in total. The Kier molecular flexibility index (Phi) is 7.66. The van der Waals surface area contributed by atoms with Gasteiger partial charge in [0.1, 0.15) is 17.1 Å². The summed E-state index contributed by atoms with van der Waals surface area (Å²) in [6.45, 7) is 8.11. The first-order valence-electron chi connectivity index (χ1n) is 14.4. The fourth-order valence-electron chi connectivity index (χ4n) is 6.12. The van der Waals surface area contributed by atoms with Crippen molar-refractivity contribution in [1.82, 2.24) is 14.7 Å². The van der Waals surface area contributed by atoms with Gasteiger partial charge in [-0.25, -0.2) is 4.98 Å². The second-order valence-corrected chi connectivity index (χ2v) is 12.2. The fraction of sp³-hybridized carbons (Fsp3) is 0.375. The second kappa shape index (κ2) is 11.3. The standard InChI is InChI=1S/C32H33ClF3N5O2/c1-21(2)28-29(41-18-23(33)5-12-27(41)38-28)30(42)37-17-22-3-6-24(7-4-22)39-15-13-31(14-16-39)19-40(20-31)25-8-10-26(11-9-25)43-32(34,35)36/h3-12,18,21H,13-17,19-20H2,1-2H3,(H,37,42). The average molecular weight is 612 g/mol. The van der Waals surface area contributed by atoms with Crippen LogP contribution in [0.5, 0.6) is 5.75 Å². The first kappa shape index (κ1) is 29.2. The van der Waals surface area contributed by atoms with Gasteiger partial charge < -0.3 is 19.9 Å². The number of benzene rings is 2. The molecule has 6 rings (SSSR count). The van der Waals surface area contributed by atoms with Crippen LogP contribution in [0.2, 0.25) is 5.02 Å². The number of imidazole rings is 1. The van der Waals surface area contributed by atoms with Crippen LogP contribution in [0.3, 0.4) is 0 Å². The molecule has 0 radical (unpaired) electrons. The Morgan fingerprint density at radius 3 is 2.23 bits per heavy atom. The van der Waals surface area contributed by atoms with Gasteiger partial charge in [0.15, 0.2) is 0 Å². The first-order chi connectivity index (χ1) is 20.5. The number of fused-ring (bicyclic) bond motifs is 1. The summed E-state index contributed by atoms with van der Waals surface area (Å²) in [6, 6.07) is 18.0. The van der Waals surface area contributed by atoms with Crippen LogP contribution >= 0.6 is 11.6 Å². The van der Waals surface area contributed by atoms with Gasteiger partial charge in [0, 0.05) is 55.7 Å². The lowest BCUT2D eigenvalue weighted by Crippen LogP contribution is -2.60. The number of amides is 1. The molecular weight excluding hydrogens is 579 g/mol. The Hall–Kier alpha value is -3.92. The molecule has 2 aliphatic rings. The number of aromatic nitrogens is 2. The van der Waals surface area contributed by atoms with Crippen LogP contribution in [-0.4, -0.2) is 47.8 Å². The number of carbonyl (C=O) groups excluding carboxylic acids is 1. The highest BCUT2D eigenvalue weighted by Crippen LogP contribution is 2.43. The minimum absolute atomic E-state index is 0.0821. The highest BCUT2D eigenvalue weighted by molar-refractivity contribution is 6.30. The van der Waals surface area contributed by atoms with Gasteiger partial charge in [-0.05, 0) is 72.9 Å². The molecule has 4 aromatic rings. The van der Waals surface area contributed by atoms with Crippen molar-refractivity contribution in [2.45, 2.75) is 45.5 Å². The van der Waals surface area contributed by atoms with Crippen LogP contribution in [0.15, 0.2) is 66.9 Å². The minimum Gasteiger partial charge on any atom is -0.406 e. The number of alkyl halides is 3. The molecule has 2 fully saturated rings. The molecule has 43 heavy (non-hydrogen) atoms. The summed E-state index contributed by atoms with van der Waals surface area (Å²) < 4.78 is 43.0. The zero-order valence-corrected chi connectivity index (χ0v) is 24.8. The number of anilines is 2. The van der Waals surface area contributed by atoms with Crippen molar-refractivity contribution in [3.05, 3.63) is 88.8 Å². The molecule has 1 amide bonds. The number of carbonyl (C=O) groups is 1. The lowest BCUT2D eigenvalue weighted by molar-refractivity contribution is -0.274. The van der Waals surface area contributed by atoms with E-state index in [-0.39, 0.29) is 23.0 Å². The van der Waals surface area contributed by atoms with Crippen LogP contribution < -0.4 is 19.9 Å². The normalized spacial score (nSPS) is 16.5. The number of piperidine rings is 1. The van der Waals surface area contributed by atoms with E-state index in [1.165, 1.54) is 12.1 Å². The lowest BCUT2D eigenvalue weighted by Gasteiger charge is -2.55. The smallest absolute Gasteiger partial charge is 0.406 e. The molecule has 0 atom stereocenters. The molecule has 0 bridgehead atoms. The van der Waals surface area contributed by atoms with Gasteiger partial charge in [-0.3, -0.25) is 9.20 Å². The number of pyridine rings is 1. The van der Waals surface area contributed by atoms with Crippen molar-refractivity contribution in [2.75, 3.05) is 36.0 Å². The largest absolute Gasteiger partial charge is 0.573 e. The molecule has 0 saturated carbocycles. The van der Waals surface area contributed by atoms with Gasteiger partial charge in [0.05, 0.1) is 10.7 Å². The van der Waals surface area contributed by atoms with E-state index in [9.17, 15) is 18.0 Å². The van der Waals surface area contributed by atoms with Gasteiger partial charge in [-0.2, -0.15) is 0 Å². The average Bonchev–Trinajstić information content (AvgIpc) is 3.34. The number of rotatable bonds is 7. The molecule has 11 heteroatoms. The summed E-state index contributed by atoms with van der Waals surface area (Å²) in [6.07, 6.45) is -0.857. The maximum absolute atomic E-state index is 13.2. The third kappa shape index (κ3) is 6.25. The predicted octanol–water partition coefficient (Wildman–Crippen LogP) is 7.05. The summed E-state index contributed by atoms with van der Waals surface area (Å²) in [7, 11) is 0. The fourth-order valence-corrected chi connectivity index (χ4v) is 6.28. The Bertz CT molecular complexity index is 1600. The van der Waals surface area contributed by atoms with Crippen LogP contribution in [0.25, 0.3) is 5.65 Å². The number of hydrogen-bond acceptors (Lipinski definition) is 5. The summed E-state index contributed by atoms with van der Waals surface area (Å²) in [5.74, 6) is -0.312. The summed E-state index contributed by atoms with van der Waals surface area (Å²) in [4.78, 5) is 22.5. The van der Waals surface area contributed by atoms with Crippen LogP contribution in [0.4, 0.5) is 24.5 Å². The quantitative estimate of drug-likeness (QED) is 0.243. The van der Waals surface area contributed by atoms with E-state index in [2.05, 4.69) is 37.0 Å². The van der Waals surface area contributed by atoms with Crippen molar-refractivity contribution in [3.8, 4) is 5.75 Å². The van der Waals surface area contributed by atoms with E-state index in [0.29, 0.717) is 22.9 Å². The Morgan fingerprint density at radius 1 is 0.977 bits per heavy atom. The van der Waals surface area contributed by atoms with Gasteiger partial charge in [0.2, 0.25) is 0 Å². The van der Waals surface area contributed by atoms with Crippen LogP contribution in [0, 0.1) is 5.41 Å². The predicted molar refractivity (Wildman–Crippen MR) is 161 cm³/mol. The SMILES string of the molecule is CC(C)c1nc2ccc(Cl)cn2c1C(=O)NCc1ccc(N2CCC3(CC2)CN(c2ccc(OC(F)(F)F)cc2)C3)cc1. The molecule has 0 aliphatic carbocycles. The third-order valence-electron chi connectivity index (χ3n) is 8.44. The zero-order valence-electron chi connectivity index (χ0n) is 24.0. The van der Waals surface area contributed by atoms with Crippen molar-refractivity contribution in [2.24, 2.45) is 5.41 Å². The van der Waals surface area contributed by atoms with Gasteiger partial charge in [0.25, 0.3) is 5.91 Å². The summed E-state index contributed by atoms with van der Waals surface area (Å²) >= 11 is 6.20. The monoisotopic (exact) mass is 611 g/mol. The number of halogens is 4. The van der Waals surface area contributed by atoms with E-state index in [0.717, 1.165) is 61.7 Å². The summed E-state index contributed by atoms with van der Waals surface area (Å²) in [5.41, 5.74) is 5.24. The van der Waals surface area contributed by atoms with E-state index in [1.54, 1.807) is 28.8 Å². The highest BCUT2D eigenvalue weighted by Gasteiger charge is 2.45. The molecule has 2 aliphatic heterocycles. The van der Waals surface area contributed by atoms with E-state index in [4.69, 9.17) is 11.6 Å². The molecule has 4 heterocycles. The van der Waals surface area contributed by atoms with Gasteiger partial charge >= 0.3 is 6.36 Å². The van der Waals surface area contributed by atoms with Gasteiger partial charge in [-0.15, -0.1) is 13.2 Å². The molecular formula is C32H33ClF3N5O2. The van der Waals surface area contributed by atoms with E-state index >= 15 is 0 Å². The molecule has 1 spiro atoms. The Labute approximate surface area is 253 Å². The molecule has 1 N–H and O–H groups in total. The maximum atomic E-state index is 13.2. The minimum atomic E-state index is -4.68. The number of hydrogen-bond donors (Lipinski definition) is 1. The van der Waals surface area contributed by atoms with E-state index in [1.807, 2.05) is 32.0 Å². The van der Waals surface area contributed by atoms with Crippen LogP contribution in [0.1, 0.15) is 54.4 Å². The second-order valence-electron chi connectivity index (χ2n) is 11.8. The number of nitrogens with one attached hydrogen (secondary N) is 1. The maximum Gasteiger partial charge on any atom is 0.573 e. The first-order valence-corrected chi connectivity index (χ1v) is 14.8. The van der Waals surface area contributed by atoms with Crippen molar-refractivity contribution in [1.29, 1.82) is 0 Å². The topological polar surface area (TPSA) is 62.1 Å². The lowest BCUT2D eigenvalue weighted by atomic mass is 9.71. The summed E-state index contributed by atoms with van der Waals surface area (Å²) in [5, 5.41) is 3.58. The Balaban J connectivity index is 1.01. The van der Waals surface area contributed by atoms with Crippen molar-refractivity contribution >= 4 is 34.5 Å². The molecule has 2 aromatic carbocycles. The third-order valence-corrected chi connectivity index (χ3v) is 8.66. The Morgan fingerprint density at radius 2 is 1.60 bits per heavy atom. The van der Waals surface area contributed by atoms with Crippen molar-refractivity contribution < 1.29 is 22.7 Å². The highest BCUT2D eigenvalue weighted by atomic mass is 35.5. The zero-order chi connectivity index (χ0) is 30.4.